The Hall–Kier alpha value is -3.13. The first kappa shape index (κ1) is 23.5. The Kier molecular flexibility index (Phi) is 6.46. The van der Waals surface area contributed by atoms with E-state index < -0.39 is 50.6 Å². The van der Waals surface area contributed by atoms with Crippen LogP contribution in [0.15, 0.2) is 46.2 Å². The zero-order valence-electron chi connectivity index (χ0n) is 16.3. The third-order valence-corrected chi connectivity index (χ3v) is 7.54. The van der Waals surface area contributed by atoms with Crippen LogP contribution in [-0.2, 0) is 29.6 Å². The van der Waals surface area contributed by atoms with E-state index in [9.17, 15) is 41.4 Å². The number of hydrogen-bond acceptors (Lipinski definition) is 9. The summed E-state index contributed by atoms with van der Waals surface area (Å²) in [4.78, 5) is 33.3. The minimum Gasteiger partial charge on any atom is -0.550 e. The van der Waals surface area contributed by atoms with Crippen molar-refractivity contribution in [2.45, 2.75) is 22.6 Å². The predicted octanol–water partition coefficient (Wildman–Crippen LogP) is -2.27. The highest BCUT2D eigenvalue weighted by Crippen LogP contribution is 2.38. The molecule has 1 aliphatic rings. The number of aliphatic carboxylic acids is 2. The lowest BCUT2D eigenvalue weighted by atomic mass is 10.1. The highest BCUT2D eigenvalue weighted by atomic mass is 32.2. The van der Waals surface area contributed by atoms with Gasteiger partial charge in [0, 0.05) is 49.0 Å². The van der Waals surface area contributed by atoms with Gasteiger partial charge in [-0.1, -0.05) is 12.1 Å². The zero-order valence-corrected chi connectivity index (χ0v) is 17.9. The van der Waals surface area contributed by atoms with Crippen LogP contribution in [0.25, 0.3) is 11.1 Å². The second-order valence-electron chi connectivity index (χ2n) is 6.78. The van der Waals surface area contributed by atoms with Crippen molar-refractivity contribution >= 4 is 37.8 Å². The number of carboxylic acid groups (broad SMARTS) is 2. The average molecular weight is 480 g/mol. The number of carbonyl (C=O) groups excluding carboxylic acids is 3. The first-order valence-corrected chi connectivity index (χ1v) is 12.1. The van der Waals surface area contributed by atoms with E-state index in [1.165, 1.54) is 24.3 Å². The van der Waals surface area contributed by atoms with Crippen LogP contribution in [0, 0.1) is 0 Å². The molecule has 0 radical (unpaired) electrons. The molecule has 0 aliphatic heterocycles. The maximum absolute atomic E-state index is 12.9. The van der Waals surface area contributed by atoms with E-state index in [0.717, 1.165) is 12.1 Å². The molecule has 13 heteroatoms. The van der Waals surface area contributed by atoms with Crippen molar-refractivity contribution in [1.29, 1.82) is 0 Å². The normalized spacial score (nSPS) is 12.9. The van der Waals surface area contributed by atoms with E-state index in [1.807, 2.05) is 0 Å². The maximum Gasteiger partial charge on any atom is 0.240 e. The molecule has 0 fully saturated rings. The molecule has 11 nitrogen and oxygen atoms in total. The van der Waals surface area contributed by atoms with Crippen LogP contribution in [0.1, 0.15) is 28.8 Å². The predicted molar refractivity (Wildman–Crippen MR) is 105 cm³/mol. The maximum atomic E-state index is 12.9. The summed E-state index contributed by atoms with van der Waals surface area (Å²) in [5.41, 5.74) is 0.907. The van der Waals surface area contributed by atoms with Crippen LogP contribution in [0.5, 0.6) is 0 Å². The molecule has 32 heavy (non-hydrogen) atoms. The Morgan fingerprint density at radius 3 is 1.41 bits per heavy atom. The van der Waals surface area contributed by atoms with Crippen molar-refractivity contribution in [1.82, 2.24) is 9.44 Å². The van der Waals surface area contributed by atoms with Gasteiger partial charge in [0.1, 0.15) is 0 Å². The number of sulfonamides is 2. The lowest BCUT2D eigenvalue weighted by molar-refractivity contribution is -0.306. The van der Waals surface area contributed by atoms with Crippen LogP contribution in [0.3, 0.4) is 0 Å². The second-order valence-corrected chi connectivity index (χ2v) is 10.3. The first-order valence-electron chi connectivity index (χ1n) is 9.14. The molecule has 0 spiro atoms. The van der Waals surface area contributed by atoms with E-state index in [2.05, 4.69) is 9.44 Å². The number of carbonyl (C=O) groups is 3. The minimum absolute atomic E-state index is 0.0437. The molecule has 0 amide bonds. The molecule has 0 aromatic heterocycles. The largest absolute Gasteiger partial charge is 0.550 e. The summed E-state index contributed by atoms with van der Waals surface area (Å²) >= 11 is 0. The second kappa shape index (κ2) is 8.78. The molecule has 2 aromatic carbocycles. The molecular formula is C19H16N2O9S2-2. The molecule has 0 unspecified atom stereocenters. The van der Waals surface area contributed by atoms with Crippen LogP contribution >= 0.6 is 0 Å². The molecule has 3 rings (SSSR count). The average Bonchev–Trinajstić information content (AvgIpc) is 2.98. The lowest BCUT2D eigenvalue weighted by Gasteiger charge is -2.09. The third-order valence-electron chi connectivity index (χ3n) is 4.62. The Balaban J connectivity index is 1.88. The topological polar surface area (TPSA) is 190 Å². The van der Waals surface area contributed by atoms with Crippen LogP contribution in [0.4, 0.5) is 0 Å². The van der Waals surface area contributed by atoms with Crippen LogP contribution in [0.2, 0.25) is 0 Å². The summed E-state index contributed by atoms with van der Waals surface area (Å²) in [7, 11) is -8.18. The van der Waals surface area contributed by atoms with Crippen molar-refractivity contribution in [3.8, 4) is 11.1 Å². The van der Waals surface area contributed by atoms with Gasteiger partial charge in [-0.15, -0.1) is 0 Å². The fraction of sp³-hybridized carbons (Fsp3) is 0.211. The van der Waals surface area contributed by atoms with Gasteiger partial charge in [-0.25, -0.2) is 26.3 Å². The first-order chi connectivity index (χ1) is 14.9. The van der Waals surface area contributed by atoms with Gasteiger partial charge in [0.25, 0.3) is 0 Å². The number of nitrogens with one attached hydrogen (secondary N) is 2. The molecule has 0 heterocycles. The molecule has 0 atom stereocenters. The summed E-state index contributed by atoms with van der Waals surface area (Å²) in [6.45, 7) is -0.774. The Morgan fingerprint density at radius 2 is 1.06 bits per heavy atom. The van der Waals surface area contributed by atoms with Crippen molar-refractivity contribution in [2.24, 2.45) is 0 Å². The molecule has 0 bridgehead atoms. The molecular weight excluding hydrogens is 464 g/mol. The number of benzene rings is 2. The number of fused-ring (bicyclic) bond motifs is 3. The molecule has 0 saturated carbocycles. The Labute approximate surface area is 183 Å². The van der Waals surface area contributed by atoms with Gasteiger partial charge >= 0.3 is 0 Å². The third kappa shape index (κ3) is 4.85. The van der Waals surface area contributed by atoms with E-state index in [0.29, 0.717) is 11.1 Å². The Bertz CT molecular complexity index is 1230. The molecule has 2 N–H and O–H groups in total. The van der Waals surface area contributed by atoms with E-state index in [1.54, 1.807) is 0 Å². The van der Waals surface area contributed by atoms with Gasteiger partial charge in [-0.05, 0) is 35.4 Å². The summed E-state index contributed by atoms with van der Waals surface area (Å²) in [6.07, 6.45) is -1.05. The zero-order chi connectivity index (χ0) is 23.7. The summed E-state index contributed by atoms with van der Waals surface area (Å²) in [5.74, 6) is -3.44. The SMILES string of the molecule is O=C([O-])CCNS(=O)(=O)c1ccc2c(c1)C(=O)c1cc(S(=O)(=O)NCCC(=O)[O-])ccc1-2. The summed E-state index contributed by atoms with van der Waals surface area (Å²) in [6, 6.07) is 7.55. The van der Waals surface area contributed by atoms with E-state index in [-0.39, 0.29) is 34.0 Å². The van der Waals surface area contributed by atoms with Crippen molar-refractivity contribution in [3.63, 3.8) is 0 Å². The summed E-state index contributed by atoms with van der Waals surface area (Å²) in [5, 5.41) is 20.9. The van der Waals surface area contributed by atoms with Gasteiger partial charge < -0.3 is 19.8 Å². The molecule has 170 valence electrons. The number of ketones is 1. The van der Waals surface area contributed by atoms with Gasteiger partial charge in [0.05, 0.1) is 9.79 Å². The lowest BCUT2D eigenvalue weighted by Crippen LogP contribution is -2.31. The molecule has 2 aromatic rings. The molecule has 1 aliphatic carbocycles. The summed E-state index contributed by atoms with van der Waals surface area (Å²) < 4.78 is 53.6. The van der Waals surface area contributed by atoms with Crippen LogP contribution < -0.4 is 19.7 Å². The fourth-order valence-electron chi connectivity index (χ4n) is 3.11. The van der Waals surface area contributed by atoms with Crippen molar-refractivity contribution in [3.05, 3.63) is 47.5 Å². The highest BCUT2D eigenvalue weighted by molar-refractivity contribution is 7.89. The van der Waals surface area contributed by atoms with Gasteiger partial charge in [0.2, 0.25) is 20.0 Å². The monoisotopic (exact) mass is 480 g/mol. The fourth-order valence-corrected chi connectivity index (χ4v) is 5.23. The Morgan fingerprint density at radius 1 is 0.688 bits per heavy atom. The van der Waals surface area contributed by atoms with Gasteiger partial charge in [-0.3, -0.25) is 4.79 Å². The number of rotatable bonds is 10. The number of hydrogen-bond donors (Lipinski definition) is 2. The minimum atomic E-state index is -4.09. The van der Waals surface area contributed by atoms with Crippen molar-refractivity contribution in [2.75, 3.05) is 13.1 Å². The van der Waals surface area contributed by atoms with Crippen LogP contribution in [-0.4, -0.2) is 47.6 Å². The van der Waals surface area contributed by atoms with Gasteiger partial charge in [0.15, 0.2) is 5.78 Å². The van der Waals surface area contributed by atoms with E-state index >= 15 is 0 Å². The standard InChI is InChI=1S/C19H18N2O9S2/c22-17(23)5-7-20-31(27,28)11-1-3-13-14-4-2-12(10-16(14)19(26)15(13)9-11)32(29,30)21-8-6-18(24)25/h1-4,9-10,20-21H,5-8H2,(H,22,23)(H,24,25)/p-2. The highest BCUT2D eigenvalue weighted by Gasteiger charge is 2.30. The van der Waals surface area contributed by atoms with Crippen molar-refractivity contribution < 1.29 is 41.4 Å². The molecule has 0 saturated heterocycles. The van der Waals surface area contributed by atoms with E-state index in [4.69, 9.17) is 0 Å². The quantitative estimate of drug-likeness (QED) is 0.322. The van der Waals surface area contributed by atoms with Gasteiger partial charge in [-0.2, -0.15) is 0 Å². The number of carboxylic acids is 2. The smallest absolute Gasteiger partial charge is 0.240 e.